The molecule has 1 aromatic rings. The topological polar surface area (TPSA) is 25.3 Å². The Hall–Kier alpha value is -2.53. The third kappa shape index (κ3) is 6.04. The molecule has 0 saturated carbocycles. The Labute approximate surface area is 195 Å². The summed E-state index contributed by atoms with van der Waals surface area (Å²) in [6.07, 6.45) is 5.25. The largest absolute Gasteiger partial charge is 0.373 e. The first-order valence-corrected chi connectivity index (χ1v) is 12.0. The van der Waals surface area contributed by atoms with Crippen molar-refractivity contribution in [2.75, 3.05) is 52.4 Å². The van der Waals surface area contributed by atoms with Crippen LogP contribution in [0, 0.1) is 6.92 Å². The van der Waals surface area contributed by atoms with E-state index in [4.69, 9.17) is 0 Å². The van der Waals surface area contributed by atoms with E-state index in [9.17, 15) is 0 Å². The molecule has 2 fully saturated rings. The lowest BCUT2D eigenvalue weighted by Gasteiger charge is -2.38. The lowest BCUT2D eigenvalue weighted by Crippen LogP contribution is -2.45. The third-order valence-corrected chi connectivity index (χ3v) is 6.69. The number of benzene rings is 1. The van der Waals surface area contributed by atoms with Crippen LogP contribution in [0.1, 0.15) is 43.9 Å². The summed E-state index contributed by atoms with van der Waals surface area (Å²) in [4.78, 5) is 14.1. The molecule has 0 spiro atoms. The molecule has 0 N–H and O–H groups in total. The Balaban J connectivity index is 1.58. The van der Waals surface area contributed by atoms with Crippen LogP contribution in [0.4, 0.5) is 0 Å². The van der Waals surface area contributed by atoms with E-state index in [2.05, 4.69) is 82.8 Å². The minimum atomic E-state index is 0.858. The lowest BCUT2D eigenvalue weighted by atomic mass is 10.0. The van der Waals surface area contributed by atoms with Gasteiger partial charge < -0.3 is 14.7 Å². The van der Waals surface area contributed by atoms with Gasteiger partial charge in [-0.3, -0.25) is 4.90 Å². The zero-order chi connectivity index (χ0) is 23.1. The summed E-state index contributed by atoms with van der Waals surface area (Å²) in [7, 11) is 0. The molecule has 174 valence electrons. The highest BCUT2D eigenvalue weighted by Gasteiger charge is 2.21. The average molecular weight is 436 g/mol. The molecule has 0 unspecified atom stereocenters. The number of hydrogen-bond acceptors (Lipinski definition) is 5. The second-order valence-corrected chi connectivity index (χ2v) is 8.89. The summed E-state index contributed by atoms with van der Waals surface area (Å²) < 4.78 is 0. The van der Waals surface area contributed by atoms with Crippen molar-refractivity contribution >= 4 is 11.9 Å². The Morgan fingerprint density at radius 2 is 1.59 bits per heavy atom. The second kappa shape index (κ2) is 11.4. The van der Waals surface area contributed by atoms with Gasteiger partial charge in [0.15, 0.2) is 0 Å². The summed E-state index contributed by atoms with van der Waals surface area (Å²) in [5.41, 5.74) is 6.52. The van der Waals surface area contributed by atoms with Gasteiger partial charge in [0.1, 0.15) is 5.82 Å². The van der Waals surface area contributed by atoms with Crippen LogP contribution in [-0.2, 0) is 6.54 Å². The van der Waals surface area contributed by atoms with Crippen LogP contribution in [0.15, 0.2) is 53.9 Å². The van der Waals surface area contributed by atoms with Gasteiger partial charge in [0, 0.05) is 82.1 Å². The molecular formula is C27H41N5. The molecule has 1 aromatic carbocycles. The maximum absolute atomic E-state index is 4.48. The molecule has 0 radical (unpaired) electrons. The molecule has 0 aliphatic carbocycles. The minimum Gasteiger partial charge on any atom is -0.373 e. The summed E-state index contributed by atoms with van der Waals surface area (Å²) in [6, 6.07) is 6.90. The van der Waals surface area contributed by atoms with Gasteiger partial charge in [0.2, 0.25) is 0 Å². The van der Waals surface area contributed by atoms with E-state index in [1.807, 2.05) is 13.1 Å². The van der Waals surface area contributed by atoms with Crippen molar-refractivity contribution in [1.82, 2.24) is 19.6 Å². The molecule has 2 aliphatic rings. The summed E-state index contributed by atoms with van der Waals surface area (Å²) in [5.74, 6) is 0.858. The Bertz CT molecular complexity index is 853. The first kappa shape index (κ1) is 24.1. The molecule has 5 heteroatoms. The molecule has 3 rings (SSSR count). The zero-order valence-electron chi connectivity index (χ0n) is 20.6. The molecule has 0 bridgehead atoms. The standard InChI is InChI=1S/C27H41N5/c1-7-9-23(4)30-14-12-29(13-15-30)21-26-11-10-22(3)27(20-26)24(5)31-16-18-32(19-17-31)25(6)28-8-2/h8-11,20H,5-7,12-19,21H2,1-4H3/b23-9+,28-8-. The molecule has 32 heavy (non-hydrogen) atoms. The monoisotopic (exact) mass is 435 g/mol. The van der Waals surface area contributed by atoms with Crippen molar-refractivity contribution < 1.29 is 0 Å². The van der Waals surface area contributed by atoms with E-state index in [1.165, 1.54) is 22.4 Å². The molecule has 2 heterocycles. The molecule has 2 aliphatic heterocycles. The maximum atomic E-state index is 4.48. The van der Waals surface area contributed by atoms with Gasteiger partial charge in [-0.25, -0.2) is 4.99 Å². The first-order chi connectivity index (χ1) is 15.4. The molecule has 5 nitrogen and oxygen atoms in total. The van der Waals surface area contributed by atoms with Crippen molar-refractivity contribution in [3.63, 3.8) is 0 Å². The first-order valence-electron chi connectivity index (χ1n) is 12.0. The van der Waals surface area contributed by atoms with Gasteiger partial charge >= 0.3 is 0 Å². The van der Waals surface area contributed by atoms with Crippen molar-refractivity contribution in [1.29, 1.82) is 0 Å². The number of aliphatic imine (C=N–C) groups is 1. The molecule has 0 aromatic heterocycles. The number of piperazine rings is 2. The number of nitrogens with zero attached hydrogens (tertiary/aromatic N) is 5. The highest BCUT2D eigenvalue weighted by molar-refractivity contribution is 5.65. The van der Waals surface area contributed by atoms with E-state index < -0.39 is 0 Å². The van der Waals surface area contributed by atoms with Crippen molar-refractivity contribution in [3.8, 4) is 0 Å². The molecule has 2 saturated heterocycles. The minimum absolute atomic E-state index is 0.858. The van der Waals surface area contributed by atoms with E-state index in [0.29, 0.717) is 0 Å². The van der Waals surface area contributed by atoms with Crippen molar-refractivity contribution in [2.45, 2.75) is 40.7 Å². The summed E-state index contributed by atoms with van der Waals surface area (Å²) in [6.45, 7) is 26.4. The fourth-order valence-electron chi connectivity index (χ4n) is 4.66. The zero-order valence-corrected chi connectivity index (χ0v) is 20.6. The van der Waals surface area contributed by atoms with Crippen molar-refractivity contribution in [2.24, 2.45) is 4.99 Å². The summed E-state index contributed by atoms with van der Waals surface area (Å²) >= 11 is 0. The number of rotatable bonds is 8. The molecule has 0 atom stereocenters. The van der Waals surface area contributed by atoms with Gasteiger partial charge in [0.25, 0.3) is 0 Å². The predicted octanol–water partition coefficient (Wildman–Crippen LogP) is 4.58. The van der Waals surface area contributed by atoms with Gasteiger partial charge in [-0.1, -0.05) is 38.3 Å². The SMILES string of the molecule is C=C(/N=C\C)N1CCN(C(=C)c2cc(CN3CCN(/C(C)=C/CC)CC3)ccc2C)CC1. The van der Waals surface area contributed by atoms with Crippen LogP contribution in [0.5, 0.6) is 0 Å². The van der Waals surface area contributed by atoms with Crippen LogP contribution in [0.3, 0.4) is 0 Å². The van der Waals surface area contributed by atoms with Crippen LogP contribution >= 0.6 is 0 Å². The van der Waals surface area contributed by atoms with Crippen LogP contribution in [0.2, 0.25) is 0 Å². The number of hydrogen-bond donors (Lipinski definition) is 0. The highest BCUT2D eigenvalue weighted by Crippen LogP contribution is 2.25. The van der Waals surface area contributed by atoms with Gasteiger partial charge in [0.05, 0.1) is 0 Å². The van der Waals surface area contributed by atoms with E-state index in [1.54, 1.807) is 0 Å². The lowest BCUT2D eigenvalue weighted by molar-refractivity contribution is 0.152. The maximum Gasteiger partial charge on any atom is 0.120 e. The van der Waals surface area contributed by atoms with E-state index in [-0.39, 0.29) is 0 Å². The predicted molar refractivity (Wildman–Crippen MR) is 138 cm³/mol. The fraction of sp³-hybridized carbons (Fsp3) is 0.519. The fourth-order valence-corrected chi connectivity index (χ4v) is 4.66. The van der Waals surface area contributed by atoms with E-state index in [0.717, 1.165) is 76.8 Å². The van der Waals surface area contributed by atoms with Gasteiger partial charge in [-0.15, -0.1) is 0 Å². The second-order valence-electron chi connectivity index (χ2n) is 8.89. The van der Waals surface area contributed by atoms with Gasteiger partial charge in [-0.2, -0.15) is 0 Å². The smallest absolute Gasteiger partial charge is 0.120 e. The van der Waals surface area contributed by atoms with E-state index >= 15 is 0 Å². The summed E-state index contributed by atoms with van der Waals surface area (Å²) in [5, 5.41) is 0. The Morgan fingerprint density at radius 3 is 2.22 bits per heavy atom. The average Bonchev–Trinajstić information content (AvgIpc) is 2.81. The van der Waals surface area contributed by atoms with Crippen LogP contribution < -0.4 is 0 Å². The van der Waals surface area contributed by atoms with Crippen LogP contribution in [-0.4, -0.2) is 78.2 Å². The number of allylic oxidation sites excluding steroid dienone is 2. The molecular weight excluding hydrogens is 394 g/mol. The Morgan fingerprint density at radius 1 is 0.969 bits per heavy atom. The number of aryl methyl sites for hydroxylation is 1. The van der Waals surface area contributed by atoms with Gasteiger partial charge in [-0.05, 0) is 44.4 Å². The highest BCUT2D eigenvalue weighted by atomic mass is 15.3. The third-order valence-electron chi connectivity index (χ3n) is 6.69. The normalized spacial score (nSPS) is 18.5. The van der Waals surface area contributed by atoms with Crippen LogP contribution in [0.25, 0.3) is 5.70 Å². The Kier molecular flexibility index (Phi) is 8.57. The molecule has 0 amide bonds. The quantitative estimate of drug-likeness (QED) is 0.558. The van der Waals surface area contributed by atoms with Crippen molar-refractivity contribution in [3.05, 3.63) is 65.6 Å².